The van der Waals surface area contributed by atoms with Crippen LogP contribution in [0.2, 0.25) is 5.02 Å². The number of aryl methyl sites for hydroxylation is 1. The molecule has 2 rings (SSSR count). The van der Waals surface area contributed by atoms with Gasteiger partial charge >= 0.3 is 0 Å². The molecular weight excluding hydrogens is 370 g/mol. The second-order valence-corrected chi connectivity index (χ2v) is 7.21. The van der Waals surface area contributed by atoms with Gasteiger partial charge in [0, 0.05) is 49.1 Å². The molecule has 0 fully saturated rings. The van der Waals surface area contributed by atoms with Gasteiger partial charge in [-0.1, -0.05) is 17.7 Å². The molecule has 1 aromatic carbocycles. The van der Waals surface area contributed by atoms with Gasteiger partial charge in [0.1, 0.15) is 0 Å². The second kappa shape index (κ2) is 10.1. The van der Waals surface area contributed by atoms with Crippen molar-refractivity contribution in [2.75, 3.05) is 25.5 Å². The van der Waals surface area contributed by atoms with E-state index >= 15 is 0 Å². The van der Waals surface area contributed by atoms with E-state index in [2.05, 4.69) is 31.3 Å². The number of hydrogen-bond acceptors (Lipinski definition) is 4. The molecule has 0 saturated heterocycles. The summed E-state index contributed by atoms with van der Waals surface area (Å²) in [6.45, 7) is 5.10. The van der Waals surface area contributed by atoms with Crippen molar-refractivity contribution in [3.05, 3.63) is 44.9 Å². The molecule has 1 amide bonds. The first-order valence-corrected chi connectivity index (χ1v) is 9.66. The lowest BCUT2D eigenvalue weighted by molar-refractivity contribution is -0.116. The summed E-state index contributed by atoms with van der Waals surface area (Å²) in [5.41, 5.74) is 2.68. The summed E-state index contributed by atoms with van der Waals surface area (Å²) in [6, 6.07) is 5.46. The molecule has 0 unspecified atom stereocenters. The standard InChI is InChI=1S/C18H24ClN5OS/c1-12-15(19)5-4-6-16(12)24-17(25)8-10-22-18(20-3)21-9-7-14-11-26-13(2)23-14/h4-6,11H,7-10H2,1-3H3,(H,24,25)(H2,20,21,22). The number of nitrogens with one attached hydrogen (secondary N) is 3. The third-order valence-corrected chi connectivity index (χ3v) is 4.98. The highest BCUT2D eigenvalue weighted by molar-refractivity contribution is 7.09. The van der Waals surface area contributed by atoms with E-state index in [-0.39, 0.29) is 5.91 Å². The number of nitrogens with zero attached hydrogens (tertiary/aromatic N) is 2. The van der Waals surface area contributed by atoms with E-state index in [0.717, 1.165) is 34.9 Å². The zero-order chi connectivity index (χ0) is 18.9. The Labute approximate surface area is 163 Å². The maximum atomic E-state index is 12.1. The number of anilines is 1. The summed E-state index contributed by atoms with van der Waals surface area (Å²) in [5.74, 6) is 0.597. The molecule has 0 spiro atoms. The van der Waals surface area contributed by atoms with Gasteiger partial charge in [0.25, 0.3) is 0 Å². The van der Waals surface area contributed by atoms with Gasteiger partial charge in [-0.2, -0.15) is 0 Å². The molecule has 2 aromatic rings. The number of hydrogen-bond donors (Lipinski definition) is 3. The molecule has 0 aliphatic carbocycles. The fourth-order valence-electron chi connectivity index (χ4n) is 2.30. The number of aliphatic imine (C=N–C) groups is 1. The average Bonchev–Trinajstić information content (AvgIpc) is 3.03. The van der Waals surface area contributed by atoms with Crippen molar-refractivity contribution in [3.8, 4) is 0 Å². The van der Waals surface area contributed by atoms with E-state index in [9.17, 15) is 4.79 Å². The molecule has 1 aromatic heterocycles. The summed E-state index contributed by atoms with van der Waals surface area (Å²) >= 11 is 7.72. The Morgan fingerprint density at radius 1 is 1.27 bits per heavy atom. The van der Waals surface area contributed by atoms with E-state index in [1.54, 1.807) is 24.5 Å². The Balaban J connectivity index is 1.69. The van der Waals surface area contributed by atoms with Gasteiger partial charge in [-0.25, -0.2) is 4.98 Å². The summed E-state index contributed by atoms with van der Waals surface area (Å²) in [4.78, 5) is 20.7. The summed E-state index contributed by atoms with van der Waals surface area (Å²) in [6.07, 6.45) is 1.16. The lowest BCUT2D eigenvalue weighted by atomic mass is 10.2. The monoisotopic (exact) mass is 393 g/mol. The number of carbonyl (C=O) groups excluding carboxylic acids is 1. The zero-order valence-corrected chi connectivity index (χ0v) is 16.8. The van der Waals surface area contributed by atoms with Crippen LogP contribution in [0.25, 0.3) is 0 Å². The first-order chi connectivity index (χ1) is 12.5. The number of aromatic nitrogens is 1. The van der Waals surface area contributed by atoms with Crippen molar-refractivity contribution < 1.29 is 4.79 Å². The van der Waals surface area contributed by atoms with Gasteiger partial charge in [-0.05, 0) is 31.5 Å². The number of guanidine groups is 1. The van der Waals surface area contributed by atoms with Crippen LogP contribution in [-0.4, -0.2) is 37.0 Å². The largest absolute Gasteiger partial charge is 0.356 e. The minimum absolute atomic E-state index is 0.0729. The van der Waals surface area contributed by atoms with Crippen molar-refractivity contribution in [1.82, 2.24) is 15.6 Å². The van der Waals surface area contributed by atoms with Crippen molar-refractivity contribution in [2.24, 2.45) is 4.99 Å². The number of halogens is 1. The average molecular weight is 394 g/mol. The maximum absolute atomic E-state index is 12.1. The molecule has 0 radical (unpaired) electrons. The van der Waals surface area contributed by atoms with E-state index in [0.29, 0.717) is 23.9 Å². The molecule has 26 heavy (non-hydrogen) atoms. The molecule has 6 nitrogen and oxygen atoms in total. The Morgan fingerprint density at radius 2 is 2.04 bits per heavy atom. The zero-order valence-electron chi connectivity index (χ0n) is 15.2. The molecule has 0 saturated carbocycles. The Hall–Kier alpha value is -2.12. The molecule has 8 heteroatoms. The summed E-state index contributed by atoms with van der Waals surface area (Å²) in [7, 11) is 1.71. The molecule has 0 aliphatic heterocycles. The Kier molecular flexibility index (Phi) is 7.87. The van der Waals surface area contributed by atoms with Gasteiger partial charge in [-0.3, -0.25) is 9.79 Å². The van der Waals surface area contributed by atoms with E-state index in [4.69, 9.17) is 11.6 Å². The molecule has 0 aliphatic rings. The fraction of sp³-hybridized carbons (Fsp3) is 0.389. The lowest BCUT2D eigenvalue weighted by Crippen LogP contribution is -2.39. The molecule has 140 valence electrons. The van der Waals surface area contributed by atoms with Crippen LogP contribution in [0.3, 0.4) is 0 Å². The van der Waals surface area contributed by atoms with E-state index in [1.807, 2.05) is 26.0 Å². The number of benzene rings is 1. The number of thiazole rings is 1. The number of carbonyl (C=O) groups is 1. The van der Waals surface area contributed by atoms with Crippen LogP contribution in [-0.2, 0) is 11.2 Å². The Morgan fingerprint density at radius 3 is 2.73 bits per heavy atom. The van der Waals surface area contributed by atoms with Gasteiger partial charge in [-0.15, -0.1) is 11.3 Å². The third-order valence-electron chi connectivity index (χ3n) is 3.75. The molecule has 1 heterocycles. The fourth-order valence-corrected chi connectivity index (χ4v) is 3.12. The van der Waals surface area contributed by atoms with Crippen LogP contribution >= 0.6 is 22.9 Å². The van der Waals surface area contributed by atoms with Crippen LogP contribution in [0.5, 0.6) is 0 Å². The highest BCUT2D eigenvalue weighted by Gasteiger charge is 2.07. The normalized spacial score (nSPS) is 11.3. The van der Waals surface area contributed by atoms with Crippen LogP contribution in [0.15, 0.2) is 28.6 Å². The van der Waals surface area contributed by atoms with E-state index < -0.39 is 0 Å². The predicted molar refractivity (Wildman–Crippen MR) is 109 cm³/mol. The highest BCUT2D eigenvalue weighted by atomic mass is 35.5. The number of rotatable bonds is 7. The SMILES string of the molecule is CN=C(NCCC(=O)Nc1cccc(Cl)c1C)NCCc1csc(C)n1. The van der Waals surface area contributed by atoms with Crippen molar-refractivity contribution in [2.45, 2.75) is 26.7 Å². The topological polar surface area (TPSA) is 78.4 Å². The van der Waals surface area contributed by atoms with E-state index in [1.165, 1.54) is 0 Å². The van der Waals surface area contributed by atoms with Gasteiger partial charge in [0.15, 0.2) is 5.96 Å². The van der Waals surface area contributed by atoms with Crippen molar-refractivity contribution in [3.63, 3.8) is 0 Å². The smallest absolute Gasteiger partial charge is 0.226 e. The lowest BCUT2D eigenvalue weighted by Gasteiger charge is -2.12. The summed E-state index contributed by atoms with van der Waals surface area (Å²) < 4.78 is 0. The van der Waals surface area contributed by atoms with Crippen LogP contribution < -0.4 is 16.0 Å². The third kappa shape index (κ3) is 6.31. The van der Waals surface area contributed by atoms with Gasteiger partial charge < -0.3 is 16.0 Å². The van der Waals surface area contributed by atoms with Crippen molar-refractivity contribution in [1.29, 1.82) is 0 Å². The van der Waals surface area contributed by atoms with Crippen LogP contribution in [0, 0.1) is 13.8 Å². The summed E-state index contributed by atoms with van der Waals surface area (Å²) in [5, 5.41) is 13.0. The first-order valence-electron chi connectivity index (χ1n) is 8.40. The van der Waals surface area contributed by atoms with Gasteiger partial charge in [0.2, 0.25) is 5.91 Å². The molecule has 0 bridgehead atoms. The van der Waals surface area contributed by atoms with Crippen molar-refractivity contribution >= 4 is 40.5 Å². The minimum Gasteiger partial charge on any atom is -0.356 e. The predicted octanol–water partition coefficient (Wildman–Crippen LogP) is 3.15. The number of amides is 1. The second-order valence-electron chi connectivity index (χ2n) is 5.74. The quantitative estimate of drug-likeness (QED) is 0.498. The molecular formula is C18H24ClN5OS. The van der Waals surface area contributed by atoms with Crippen LogP contribution in [0.4, 0.5) is 5.69 Å². The maximum Gasteiger partial charge on any atom is 0.226 e. The Bertz CT molecular complexity index is 775. The molecule has 3 N–H and O–H groups in total. The van der Waals surface area contributed by atoms with Gasteiger partial charge in [0.05, 0.1) is 10.7 Å². The first kappa shape index (κ1) is 20.2. The molecule has 0 atom stereocenters. The highest BCUT2D eigenvalue weighted by Crippen LogP contribution is 2.22. The minimum atomic E-state index is -0.0729. The van der Waals surface area contributed by atoms with Crippen LogP contribution in [0.1, 0.15) is 22.7 Å².